The van der Waals surface area contributed by atoms with Gasteiger partial charge in [0.25, 0.3) is 5.91 Å². The first-order valence-corrected chi connectivity index (χ1v) is 13.2. The lowest BCUT2D eigenvalue weighted by atomic mass is 9.81. The van der Waals surface area contributed by atoms with Crippen LogP contribution in [0.1, 0.15) is 62.2 Å². The highest BCUT2D eigenvalue weighted by atomic mass is 16.6. The van der Waals surface area contributed by atoms with Gasteiger partial charge in [0.2, 0.25) is 0 Å². The van der Waals surface area contributed by atoms with E-state index in [0.717, 1.165) is 58.0 Å². The molecule has 36 heavy (non-hydrogen) atoms. The molecule has 1 spiro atoms. The van der Waals surface area contributed by atoms with Gasteiger partial charge in [-0.15, -0.1) is 0 Å². The summed E-state index contributed by atoms with van der Waals surface area (Å²) >= 11 is 0. The summed E-state index contributed by atoms with van der Waals surface area (Å²) in [4.78, 5) is 32.1. The van der Waals surface area contributed by atoms with Gasteiger partial charge < -0.3 is 28.7 Å². The standard InChI is InChI=1S/C27H41N3O6/c1-6-7-8-23-27(36-26(32)28(23)2)11-15-29(16-12-27)19-9-13-30(14-10-19)25(31)24-21(34-4)17-20(33-3)18-22(24)35-5/h17-19,23H,6-16H2,1-5H3. The fourth-order valence-electron chi connectivity index (χ4n) is 6.16. The molecule has 0 N–H and O–H groups in total. The molecule has 3 fully saturated rings. The van der Waals surface area contributed by atoms with Crippen LogP contribution in [0, 0.1) is 0 Å². The topological polar surface area (TPSA) is 80.8 Å². The summed E-state index contributed by atoms with van der Waals surface area (Å²) in [6.07, 6.45) is 6.61. The van der Waals surface area contributed by atoms with Crippen LogP contribution < -0.4 is 14.2 Å². The minimum Gasteiger partial charge on any atom is -0.496 e. The molecule has 3 saturated heterocycles. The zero-order valence-corrected chi connectivity index (χ0v) is 22.4. The highest BCUT2D eigenvalue weighted by molar-refractivity contribution is 6.00. The summed E-state index contributed by atoms with van der Waals surface area (Å²) in [5.74, 6) is 1.40. The largest absolute Gasteiger partial charge is 0.496 e. The van der Waals surface area contributed by atoms with E-state index >= 15 is 0 Å². The van der Waals surface area contributed by atoms with Crippen molar-refractivity contribution in [3.63, 3.8) is 0 Å². The van der Waals surface area contributed by atoms with Gasteiger partial charge in [0.1, 0.15) is 28.4 Å². The molecule has 3 aliphatic rings. The predicted octanol–water partition coefficient (Wildman–Crippen LogP) is 3.79. The van der Waals surface area contributed by atoms with Crippen molar-refractivity contribution in [1.29, 1.82) is 0 Å². The number of carbonyl (C=O) groups is 2. The van der Waals surface area contributed by atoms with Gasteiger partial charge in [0.15, 0.2) is 0 Å². The van der Waals surface area contributed by atoms with Crippen molar-refractivity contribution in [3.8, 4) is 17.2 Å². The van der Waals surface area contributed by atoms with Crippen LogP contribution >= 0.6 is 0 Å². The molecule has 1 unspecified atom stereocenters. The molecule has 2 amide bonds. The first-order chi connectivity index (χ1) is 17.4. The van der Waals surface area contributed by atoms with Gasteiger partial charge in [-0.25, -0.2) is 4.79 Å². The van der Waals surface area contributed by atoms with E-state index < -0.39 is 0 Å². The lowest BCUT2D eigenvalue weighted by Crippen LogP contribution is -2.55. The van der Waals surface area contributed by atoms with Gasteiger partial charge in [-0.05, 0) is 19.3 Å². The number of likely N-dealkylation sites (tertiary alicyclic amines) is 2. The molecule has 1 atom stereocenters. The van der Waals surface area contributed by atoms with E-state index in [2.05, 4.69) is 11.8 Å². The Bertz CT molecular complexity index is 912. The van der Waals surface area contributed by atoms with Crippen molar-refractivity contribution >= 4 is 12.0 Å². The summed E-state index contributed by atoms with van der Waals surface area (Å²) < 4.78 is 22.3. The Hall–Kier alpha value is -2.68. The minimum atomic E-state index is -0.352. The van der Waals surface area contributed by atoms with Gasteiger partial charge in [-0.3, -0.25) is 9.69 Å². The van der Waals surface area contributed by atoms with Crippen LogP contribution in [-0.4, -0.2) is 98.9 Å². The number of amides is 2. The maximum atomic E-state index is 13.5. The van der Waals surface area contributed by atoms with Crippen LogP contribution in [0.15, 0.2) is 12.1 Å². The number of ether oxygens (including phenoxy) is 4. The minimum absolute atomic E-state index is 0.0814. The number of piperidine rings is 2. The quantitative estimate of drug-likeness (QED) is 0.534. The monoisotopic (exact) mass is 503 g/mol. The van der Waals surface area contributed by atoms with Crippen molar-refractivity contribution in [1.82, 2.24) is 14.7 Å². The van der Waals surface area contributed by atoms with Gasteiger partial charge in [-0.1, -0.05) is 19.8 Å². The average molecular weight is 504 g/mol. The molecule has 1 aromatic rings. The second kappa shape index (κ2) is 11.2. The fraction of sp³-hybridized carbons (Fsp3) is 0.704. The molecule has 0 aromatic heterocycles. The Labute approximate surface area is 214 Å². The van der Waals surface area contributed by atoms with Crippen LogP contribution in [0.4, 0.5) is 4.79 Å². The van der Waals surface area contributed by atoms with Crippen molar-refractivity contribution in [2.75, 3.05) is 54.6 Å². The van der Waals surface area contributed by atoms with Crippen molar-refractivity contribution in [2.45, 2.75) is 69.6 Å². The van der Waals surface area contributed by atoms with E-state index in [-0.39, 0.29) is 23.6 Å². The third-order valence-electron chi connectivity index (χ3n) is 8.33. The number of hydrogen-bond donors (Lipinski definition) is 0. The highest BCUT2D eigenvalue weighted by Gasteiger charge is 2.53. The Morgan fingerprint density at radius 3 is 2.17 bits per heavy atom. The van der Waals surface area contributed by atoms with Crippen LogP contribution in [0.2, 0.25) is 0 Å². The molecular formula is C27H41N3O6. The van der Waals surface area contributed by atoms with E-state index in [0.29, 0.717) is 41.9 Å². The Morgan fingerprint density at radius 1 is 1.03 bits per heavy atom. The summed E-state index contributed by atoms with van der Waals surface area (Å²) in [6, 6.07) is 4.02. The van der Waals surface area contributed by atoms with E-state index in [1.165, 1.54) is 0 Å². The molecule has 3 heterocycles. The molecule has 1 aromatic carbocycles. The molecule has 9 heteroatoms. The molecule has 4 rings (SSSR count). The van der Waals surface area contributed by atoms with Crippen LogP contribution in [0.5, 0.6) is 17.2 Å². The van der Waals surface area contributed by atoms with Gasteiger partial charge >= 0.3 is 6.09 Å². The zero-order valence-electron chi connectivity index (χ0n) is 22.4. The summed E-state index contributed by atoms with van der Waals surface area (Å²) in [5, 5.41) is 0. The lowest BCUT2D eigenvalue weighted by molar-refractivity contribution is -0.0375. The van der Waals surface area contributed by atoms with Crippen molar-refractivity contribution in [3.05, 3.63) is 17.7 Å². The highest BCUT2D eigenvalue weighted by Crippen LogP contribution is 2.41. The molecule has 0 aliphatic carbocycles. The number of likely N-dealkylation sites (N-methyl/N-ethyl adjacent to an activating group) is 1. The van der Waals surface area contributed by atoms with E-state index in [1.807, 2.05) is 16.8 Å². The zero-order chi connectivity index (χ0) is 25.9. The number of rotatable bonds is 8. The summed E-state index contributed by atoms with van der Waals surface area (Å²) in [7, 11) is 6.55. The SMILES string of the molecule is CCCCC1N(C)C(=O)OC12CCN(C1CCN(C(=O)c3c(OC)cc(OC)cc3OC)CC1)CC2. The van der Waals surface area contributed by atoms with E-state index in [9.17, 15) is 9.59 Å². The molecule has 200 valence electrons. The van der Waals surface area contributed by atoms with Crippen LogP contribution in [0.25, 0.3) is 0 Å². The molecule has 0 radical (unpaired) electrons. The smallest absolute Gasteiger partial charge is 0.410 e. The number of hydrogen-bond acceptors (Lipinski definition) is 7. The number of benzene rings is 1. The number of unbranched alkanes of at least 4 members (excludes halogenated alkanes) is 1. The Balaban J connectivity index is 1.36. The van der Waals surface area contributed by atoms with Gasteiger partial charge in [-0.2, -0.15) is 0 Å². The normalized spacial score (nSPS) is 22.6. The first kappa shape index (κ1) is 26.4. The number of carbonyl (C=O) groups excluding carboxylic acids is 2. The molecular weight excluding hydrogens is 462 g/mol. The van der Waals surface area contributed by atoms with Gasteiger partial charge in [0, 0.05) is 64.2 Å². The maximum absolute atomic E-state index is 13.5. The number of nitrogens with zero attached hydrogens (tertiary/aromatic N) is 3. The van der Waals surface area contributed by atoms with Crippen molar-refractivity contribution in [2.24, 2.45) is 0 Å². The lowest BCUT2D eigenvalue weighted by Gasteiger charge is -2.46. The third kappa shape index (κ3) is 4.94. The second-order valence-corrected chi connectivity index (χ2v) is 10.2. The number of methoxy groups -OCH3 is 3. The maximum Gasteiger partial charge on any atom is 0.410 e. The molecule has 0 bridgehead atoms. The Kier molecular flexibility index (Phi) is 8.17. The van der Waals surface area contributed by atoms with Crippen LogP contribution in [-0.2, 0) is 4.74 Å². The third-order valence-corrected chi connectivity index (χ3v) is 8.33. The van der Waals surface area contributed by atoms with E-state index in [4.69, 9.17) is 18.9 Å². The van der Waals surface area contributed by atoms with Crippen molar-refractivity contribution < 1.29 is 28.5 Å². The predicted molar refractivity (Wildman–Crippen MR) is 136 cm³/mol. The second-order valence-electron chi connectivity index (χ2n) is 10.2. The summed E-state index contributed by atoms with van der Waals surface area (Å²) in [6.45, 7) is 5.39. The van der Waals surface area contributed by atoms with Gasteiger partial charge in [0.05, 0.1) is 27.4 Å². The first-order valence-electron chi connectivity index (χ1n) is 13.2. The Morgan fingerprint density at radius 2 is 1.64 bits per heavy atom. The molecule has 9 nitrogen and oxygen atoms in total. The molecule has 3 aliphatic heterocycles. The fourth-order valence-corrected chi connectivity index (χ4v) is 6.16. The van der Waals surface area contributed by atoms with E-state index in [1.54, 1.807) is 33.5 Å². The average Bonchev–Trinajstić information content (AvgIpc) is 3.14. The molecule has 0 saturated carbocycles. The summed E-state index contributed by atoms with van der Waals surface area (Å²) in [5.41, 5.74) is 0.0831. The van der Waals surface area contributed by atoms with Crippen LogP contribution in [0.3, 0.4) is 0 Å².